The lowest BCUT2D eigenvalue weighted by Gasteiger charge is -2.36. The Kier molecular flexibility index (Phi) is 2.44. The number of nitriles is 1. The molecule has 1 N–H and O–H groups in total. The number of piperidine rings is 1. The van der Waals surface area contributed by atoms with Crippen LogP contribution in [0, 0.1) is 23.7 Å². The minimum Gasteiger partial charge on any atom is -0.304 e. The first-order valence-electron chi connectivity index (χ1n) is 6.03. The van der Waals surface area contributed by atoms with Crippen molar-refractivity contribution in [3.8, 4) is 18.4 Å². The number of aromatic nitrogens is 1. The molecule has 0 aromatic carbocycles. The van der Waals surface area contributed by atoms with Gasteiger partial charge in [-0.25, -0.2) is 0 Å². The first kappa shape index (κ1) is 11.0. The first-order valence-corrected chi connectivity index (χ1v) is 6.03. The number of pyridine rings is 1. The van der Waals surface area contributed by atoms with Gasteiger partial charge >= 0.3 is 0 Å². The van der Waals surface area contributed by atoms with Crippen LogP contribution in [0.1, 0.15) is 24.0 Å². The third-order valence-electron chi connectivity index (χ3n) is 3.81. The van der Waals surface area contributed by atoms with Crippen molar-refractivity contribution >= 4 is 0 Å². The molecule has 0 spiro atoms. The molecule has 0 radical (unpaired) electrons. The molecule has 1 aromatic heterocycles. The molecule has 3 heteroatoms. The molecular formula is C15H13N3. The molecule has 2 aliphatic heterocycles. The van der Waals surface area contributed by atoms with E-state index in [1.54, 1.807) is 12.4 Å². The zero-order valence-electron chi connectivity index (χ0n) is 9.93. The summed E-state index contributed by atoms with van der Waals surface area (Å²) in [4.78, 5) is 4.16. The second kappa shape index (κ2) is 3.98. The Morgan fingerprint density at radius 2 is 2.06 bits per heavy atom. The van der Waals surface area contributed by atoms with Crippen molar-refractivity contribution in [1.29, 1.82) is 5.26 Å². The number of hydrogen-bond donors (Lipinski definition) is 1. The minimum absolute atomic E-state index is 0.290. The molecule has 1 unspecified atom stereocenters. The van der Waals surface area contributed by atoms with Gasteiger partial charge in [-0.1, -0.05) is 18.1 Å². The Labute approximate surface area is 107 Å². The van der Waals surface area contributed by atoms with Gasteiger partial charge in [-0.2, -0.15) is 5.26 Å². The molecule has 0 aliphatic carbocycles. The molecule has 2 bridgehead atoms. The minimum atomic E-state index is -0.468. The van der Waals surface area contributed by atoms with Crippen LogP contribution in [-0.2, 0) is 5.41 Å². The summed E-state index contributed by atoms with van der Waals surface area (Å²) >= 11 is 0. The molecular weight excluding hydrogens is 222 g/mol. The third-order valence-corrected chi connectivity index (χ3v) is 3.81. The summed E-state index contributed by atoms with van der Waals surface area (Å²) in [5.74, 6) is 2.58. The lowest BCUT2D eigenvalue weighted by molar-refractivity contribution is 0.319. The first-order chi connectivity index (χ1) is 8.75. The highest BCUT2D eigenvalue weighted by Gasteiger charge is 2.43. The van der Waals surface area contributed by atoms with Crippen molar-refractivity contribution in [2.24, 2.45) is 0 Å². The molecule has 1 saturated heterocycles. The van der Waals surface area contributed by atoms with E-state index in [9.17, 15) is 5.26 Å². The molecule has 88 valence electrons. The number of nitrogens with one attached hydrogen (secondary N) is 1. The van der Waals surface area contributed by atoms with Crippen molar-refractivity contribution in [3.63, 3.8) is 0 Å². The standard InChI is InChI=1S/C15H13N3/c1-2-11-5-12(9-17-8-11)15(10-16)6-13-3-4-14(7-15)18-13/h1,3-5,8-9,13-14,18H,6-7H2/t13-,14+,15?. The topological polar surface area (TPSA) is 48.7 Å². The van der Waals surface area contributed by atoms with E-state index < -0.39 is 5.41 Å². The number of terminal acetylenes is 1. The second-order valence-corrected chi connectivity index (χ2v) is 4.97. The molecule has 0 amide bonds. The second-order valence-electron chi connectivity index (χ2n) is 4.97. The number of nitrogens with zero attached hydrogens (tertiary/aromatic N) is 2. The Hall–Kier alpha value is -2.10. The Morgan fingerprint density at radius 1 is 1.33 bits per heavy atom. The summed E-state index contributed by atoms with van der Waals surface area (Å²) in [6.07, 6.45) is 14.7. The molecule has 3 nitrogen and oxygen atoms in total. The number of hydrogen-bond acceptors (Lipinski definition) is 3. The molecule has 18 heavy (non-hydrogen) atoms. The lowest BCUT2D eigenvalue weighted by Crippen LogP contribution is -2.46. The maximum atomic E-state index is 9.64. The van der Waals surface area contributed by atoms with Crippen LogP contribution in [0.15, 0.2) is 30.6 Å². The molecule has 2 aliphatic rings. The van der Waals surface area contributed by atoms with Gasteiger partial charge in [0.15, 0.2) is 0 Å². The number of fused-ring (bicyclic) bond motifs is 2. The van der Waals surface area contributed by atoms with Crippen molar-refractivity contribution in [1.82, 2.24) is 10.3 Å². The third kappa shape index (κ3) is 1.61. The van der Waals surface area contributed by atoms with Crippen molar-refractivity contribution in [2.45, 2.75) is 30.3 Å². The van der Waals surface area contributed by atoms with Crippen LogP contribution in [0.3, 0.4) is 0 Å². The summed E-state index contributed by atoms with van der Waals surface area (Å²) in [7, 11) is 0. The average Bonchev–Trinajstić information content (AvgIpc) is 2.78. The predicted molar refractivity (Wildman–Crippen MR) is 68.5 cm³/mol. The molecule has 3 heterocycles. The van der Waals surface area contributed by atoms with E-state index in [0.717, 1.165) is 24.0 Å². The SMILES string of the molecule is C#Cc1cncc(C2(C#N)C[C@H]3C=C[C@@H](C2)N3)c1. The van der Waals surface area contributed by atoms with E-state index in [0.29, 0.717) is 0 Å². The predicted octanol–water partition coefficient (Wildman–Crippen LogP) is 1.51. The van der Waals surface area contributed by atoms with Crippen molar-refractivity contribution in [2.75, 3.05) is 0 Å². The van der Waals surface area contributed by atoms with Crippen LogP contribution in [0.5, 0.6) is 0 Å². The zero-order chi connectivity index (χ0) is 12.6. The van der Waals surface area contributed by atoms with Crippen LogP contribution in [0.4, 0.5) is 0 Å². The average molecular weight is 235 g/mol. The molecule has 3 rings (SSSR count). The van der Waals surface area contributed by atoms with Crippen LogP contribution in [0.25, 0.3) is 0 Å². The van der Waals surface area contributed by atoms with Gasteiger partial charge in [-0.05, 0) is 24.5 Å². The number of rotatable bonds is 1. The van der Waals surface area contributed by atoms with Gasteiger partial charge in [-0.3, -0.25) is 4.98 Å². The Bertz CT molecular complexity index is 574. The quantitative estimate of drug-likeness (QED) is 0.593. The summed E-state index contributed by atoms with van der Waals surface area (Å²) in [5, 5.41) is 13.1. The van der Waals surface area contributed by atoms with Crippen molar-refractivity contribution < 1.29 is 0 Å². The highest BCUT2D eigenvalue weighted by Crippen LogP contribution is 2.39. The normalized spacial score (nSPS) is 32.8. The van der Waals surface area contributed by atoms with E-state index >= 15 is 0 Å². The van der Waals surface area contributed by atoms with Crippen LogP contribution < -0.4 is 5.32 Å². The largest absolute Gasteiger partial charge is 0.304 e. The van der Waals surface area contributed by atoms with E-state index in [4.69, 9.17) is 6.42 Å². The van der Waals surface area contributed by atoms with E-state index in [1.807, 2.05) is 6.07 Å². The highest BCUT2D eigenvalue weighted by atomic mass is 15.0. The Balaban J connectivity index is 2.02. The van der Waals surface area contributed by atoms with Crippen LogP contribution >= 0.6 is 0 Å². The monoisotopic (exact) mass is 235 g/mol. The smallest absolute Gasteiger partial charge is 0.0873 e. The fourth-order valence-corrected chi connectivity index (χ4v) is 2.91. The summed E-state index contributed by atoms with van der Waals surface area (Å²) in [6, 6.07) is 4.99. The maximum absolute atomic E-state index is 9.64. The lowest BCUT2D eigenvalue weighted by atomic mass is 9.72. The van der Waals surface area contributed by atoms with Crippen molar-refractivity contribution in [3.05, 3.63) is 41.7 Å². The van der Waals surface area contributed by atoms with Crippen LogP contribution in [0.2, 0.25) is 0 Å². The summed E-state index contributed by atoms with van der Waals surface area (Å²) in [5.41, 5.74) is 1.21. The van der Waals surface area contributed by atoms with Gasteiger partial charge in [0, 0.05) is 30.0 Å². The van der Waals surface area contributed by atoms with Gasteiger partial charge in [0.2, 0.25) is 0 Å². The van der Waals surface area contributed by atoms with Gasteiger partial charge in [0.25, 0.3) is 0 Å². The molecule has 3 atom stereocenters. The van der Waals surface area contributed by atoms with Gasteiger partial charge in [0.05, 0.1) is 11.5 Å². The van der Waals surface area contributed by atoms with E-state index in [2.05, 4.69) is 34.4 Å². The fraction of sp³-hybridized carbons (Fsp3) is 0.333. The van der Waals surface area contributed by atoms with Gasteiger partial charge < -0.3 is 5.32 Å². The highest BCUT2D eigenvalue weighted by molar-refractivity contribution is 5.41. The summed E-state index contributed by atoms with van der Waals surface area (Å²) in [6.45, 7) is 0. The fourth-order valence-electron chi connectivity index (χ4n) is 2.91. The van der Waals surface area contributed by atoms with Gasteiger partial charge in [-0.15, -0.1) is 6.42 Å². The van der Waals surface area contributed by atoms with Crippen LogP contribution in [-0.4, -0.2) is 17.1 Å². The maximum Gasteiger partial charge on any atom is 0.0873 e. The molecule has 1 fully saturated rings. The van der Waals surface area contributed by atoms with Gasteiger partial charge in [0.1, 0.15) is 0 Å². The zero-order valence-corrected chi connectivity index (χ0v) is 9.93. The van der Waals surface area contributed by atoms with E-state index in [-0.39, 0.29) is 12.1 Å². The summed E-state index contributed by atoms with van der Waals surface area (Å²) < 4.78 is 0. The van der Waals surface area contributed by atoms with E-state index in [1.165, 1.54) is 0 Å². The molecule has 0 saturated carbocycles. The molecule has 1 aromatic rings. The Morgan fingerprint density at radius 3 is 2.67 bits per heavy atom.